The van der Waals surface area contributed by atoms with E-state index in [0.717, 1.165) is 0 Å². The summed E-state index contributed by atoms with van der Waals surface area (Å²) in [6, 6.07) is 5.40. The van der Waals surface area contributed by atoms with Crippen LogP contribution in [0.3, 0.4) is 0 Å². The predicted octanol–water partition coefficient (Wildman–Crippen LogP) is 11.0. The number of unbranched alkanes of at least 4 members (excludes halogenated alkanes) is 10. The maximum absolute atomic E-state index is 2.70. The van der Waals surface area contributed by atoms with Crippen molar-refractivity contribution in [1.29, 1.82) is 0 Å². The van der Waals surface area contributed by atoms with Gasteiger partial charge in [-0.3, -0.25) is 0 Å². The standard InChI is InChI=1S/C26H36S2.6CH3.2Sn/c1-3-5-7-9-11-13-15-21-22(16-14-12-10-8-6-4-2)24-18-20-28-26(24)25-23(21)17-19-27-25;;;;;;;;/h17-18H,3-16H2,1-2H3;6*1H3;;. The molecule has 0 saturated heterocycles. The molecule has 0 spiro atoms. The van der Waals surface area contributed by atoms with Crippen molar-refractivity contribution < 1.29 is 0 Å². The van der Waals surface area contributed by atoms with Crippen LogP contribution in [0, 0.1) is 0 Å². The molecular formula is C32H54S2Sn2. The normalized spacial score (nSPS) is 12.9. The molecule has 1 aromatic carbocycles. The number of hydrogen-bond donors (Lipinski definition) is 0. The molecule has 36 heavy (non-hydrogen) atoms. The Hall–Kier alpha value is 0.737. The van der Waals surface area contributed by atoms with Gasteiger partial charge in [0.05, 0.1) is 0 Å². The minimum absolute atomic E-state index is 1.30. The van der Waals surface area contributed by atoms with Crippen LogP contribution in [0.5, 0.6) is 0 Å². The first-order valence-corrected chi connectivity index (χ1v) is 36.7. The first-order valence-electron chi connectivity index (χ1n) is 15.1. The fourth-order valence-corrected chi connectivity index (χ4v) is 18.3. The van der Waals surface area contributed by atoms with Gasteiger partial charge in [0.2, 0.25) is 0 Å². The van der Waals surface area contributed by atoms with E-state index < -0.39 is 36.8 Å². The Balaban J connectivity index is 2.05. The first kappa shape index (κ1) is 31.3. The molecule has 2 aromatic heterocycles. The summed E-state index contributed by atoms with van der Waals surface area (Å²) in [6.45, 7) is 4.65. The molecule has 0 bridgehead atoms. The topological polar surface area (TPSA) is 0 Å². The van der Waals surface area contributed by atoms with Gasteiger partial charge < -0.3 is 0 Å². The average molecular weight is 740 g/mol. The fourth-order valence-electron chi connectivity index (χ4n) is 5.37. The summed E-state index contributed by atoms with van der Waals surface area (Å²) in [5.74, 6) is 0. The van der Waals surface area contributed by atoms with Crippen molar-refractivity contribution in [1.82, 2.24) is 0 Å². The Morgan fingerprint density at radius 1 is 0.500 bits per heavy atom. The summed E-state index contributed by atoms with van der Waals surface area (Å²) in [7, 11) is 0. The fraction of sp³-hybridized carbons (Fsp3) is 0.688. The first-order chi connectivity index (χ1) is 17.1. The zero-order valence-electron chi connectivity index (χ0n) is 24.9. The van der Waals surface area contributed by atoms with Gasteiger partial charge >= 0.3 is 242 Å². The molecule has 0 aliphatic rings. The van der Waals surface area contributed by atoms with E-state index in [-0.39, 0.29) is 0 Å². The van der Waals surface area contributed by atoms with Gasteiger partial charge in [-0.2, -0.15) is 0 Å². The van der Waals surface area contributed by atoms with Crippen molar-refractivity contribution in [3.8, 4) is 0 Å². The third kappa shape index (κ3) is 8.37. The molecule has 0 radical (unpaired) electrons. The van der Waals surface area contributed by atoms with E-state index in [0.29, 0.717) is 0 Å². The quantitative estimate of drug-likeness (QED) is 0.101. The van der Waals surface area contributed by atoms with E-state index in [1.165, 1.54) is 89.9 Å². The van der Waals surface area contributed by atoms with Gasteiger partial charge in [-0.05, 0) is 0 Å². The molecule has 0 nitrogen and oxygen atoms in total. The van der Waals surface area contributed by atoms with Crippen LogP contribution in [0.25, 0.3) is 20.2 Å². The molecule has 0 aliphatic carbocycles. The van der Waals surface area contributed by atoms with Crippen LogP contribution in [-0.2, 0) is 12.8 Å². The molecular weight excluding hydrogens is 686 g/mol. The van der Waals surface area contributed by atoms with Crippen LogP contribution in [0.2, 0.25) is 29.6 Å². The molecule has 4 heteroatoms. The van der Waals surface area contributed by atoms with Crippen LogP contribution < -0.4 is 5.79 Å². The Bertz CT molecular complexity index is 1000. The predicted molar refractivity (Wildman–Crippen MR) is 177 cm³/mol. The van der Waals surface area contributed by atoms with Crippen LogP contribution in [0.1, 0.15) is 102 Å². The van der Waals surface area contributed by atoms with Crippen molar-refractivity contribution in [3.05, 3.63) is 23.3 Å². The van der Waals surface area contributed by atoms with E-state index in [1.54, 1.807) is 37.1 Å². The summed E-state index contributed by atoms with van der Waals surface area (Å²) >= 11 is 0.131. The summed E-state index contributed by atoms with van der Waals surface area (Å²) in [5, 5.41) is 3.34. The Labute approximate surface area is 239 Å². The SMILES string of the molecule is CCCCCCCCc1c(CCCCCCCC)c2c[c]([Sn]([CH3])([CH3])[CH3])sc2c2s[c]([Sn]([CH3])([CH3])[CH3])cc12. The molecule has 3 rings (SSSR count). The molecule has 0 fully saturated rings. The number of hydrogen-bond acceptors (Lipinski definition) is 2. The van der Waals surface area contributed by atoms with Gasteiger partial charge in [-0.1, -0.05) is 0 Å². The second-order valence-electron chi connectivity index (χ2n) is 13.2. The summed E-state index contributed by atoms with van der Waals surface area (Å²) < 4.78 is 6.86. The van der Waals surface area contributed by atoms with Crippen LogP contribution in [-0.4, -0.2) is 36.8 Å². The van der Waals surface area contributed by atoms with E-state index in [9.17, 15) is 0 Å². The van der Waals surface area contributed by atoms with Crippen LogP contribution >= 0.6 is 22.7 Å². The molecule has 0 amide bonds. The molecule has 0 saturated carbocycles. The van der Waals surface area contributed by atoms with Gasteiger partial charge in [0.15, 0.2) is 0 Å². The average Bonchev–Trinajstić information content (AvgIpc) is 3.44. The summed E-state index contributed by atoms with van der Waals surface area (Å²) in [5.41, 5.74) is 3.51. The van der Waals surface area contributed by atoms with Gasteiger partial charge in [-0.25, -0.2) is 0 Å². The number of fused-ring (bicyclic) bond motifs is 3. The monoisotopic (exact) mass is 742 g/mol. The zero-order valence-corrected chi connectivity index (χ0v) is 32.2. The Morgan fingerprint density at radius 3 is 1.17 bits per heavy atom. The van der Waals surface area contributed by atoms with Gasteiger partial charge in [0.25, 0.3) is 0 Å². The van der Waals surface area contributed by atoms with Gasteiger partial charge in [-0.15, -0.1) is 0 Å². The third-order valence-electron chi connectivity index (χ3n) is 7.72. The van der Waals surface area contributed by atoms with Crippen LogP contribution in [0.15, 0.2) is 12.1 Å². The summed E-state index contributed by atoms with van der Waals surface area (Å²) in [6.07, 6.45) is 19.3. The van der Waals surface area contributed by atoms with Crippen molar-refractivity contribution in [2.75, 3.05) is 0 Å². The molecule has 0 N–H and O–H groups in total. The van der Waals surface area contributed by atoms with E-state index in [1.807, 2.05) is 0 Å². The van der Waals surface area contributed by atoms with E-state index >= 15 is 0 Å². The van der Waals surface area contributed by atoms with Crippen molar-refractivity contribution in [3.63, 3.8) is 0 Å². The zero-order chi connectivity index (χ0) is 26.3. The van der Waals surface area contributed by atoms with Crippen LogP contribution in [0.4, 0.5) is 0 Å². The minimum atomic E-state index is -2.13. The second-order valence-corrected chi connectivity index (χ2v) is 46.1. The second kappa shape index (κ2) is 14.4. The van der Waals surface area contributed by atoms with Gasteiger partial charge in [0, 0.05) is 0 Å². The molecule has 202 valence electrons. The summed E-state index contributed by atoms with van der Waals surface area (Å²) in [4.78, 5) is 15.6. The molecule has 0 aliphatic heterocycles. The molecule has 0 atom stereocenters. The number of aryl methyl sites for hydroxylation is 2. The number of rotatable bonds is 16. The van der Waals surface area contributed by atoms with Crippen molar-refractivity contribution in [2.24, 2.45) is 0 Å². The maximum atomic E-state index is 2.70. The van der Waals surface area contributed by atoms with E-state index in [2.05, 4.69) is 78.3 Å². The molecule has 2 heterocycles. The third-order valence-corrected chi connectivity index (χ3v) is 29.0. The van der Waals surface area contributed by atoms with E-state index in [4.69, 9.17) is 0 Å². The number of thiophene rings is 2. The molecule has 0 unspecified atom stereocenters. The van der Waals surface area contributed by atoms with Gasteiger partial charge in [0.1, 0.15) is 0 Å². The number of benzene rings is 1. The van der Waals surface area contributed by atoms with Crippen molar-refractivity contribution >= 4 is 85.4 Å². The molecule has 3 aromatic rings. The van der Waals surface area contributed by atoms with Crippen molar-refractivity contribution in [2.45, 2.75) is 133 Å². The Kier molecular flexibility index (Phi) is 12.5. The Morgan fingerprint density at radius 2 is 0.833 bits per heavy atom.